The van der Waals surface area contributed by atoms with E-state index in [1.54, 1.807) is 11.7 Å². The third-order valence-corrected chi connectivity index (χ3v) is 4.12. The Kier molecular flexibility index (Phi) is 5.14. The number of aliphatic hydroxyl groups is 1. The van der Waals surface area contributed by atoms with Gasteiger partial charge in [0.15, 0.2) is 0 Å². The molecule has 6 nitrogen and oxygen atoms in total. The molecule has 1 saturated carbocycles. The molecule has 0 spiro atoms. The van der Waals surface area contributed by atoms with Crippen molar-refractivity contribution in [3.05, 3.63) is 17.5 Å². The highest BCUT2D eigenvalue weighted by Gasteiger charge is 2.24. The van der Waals surface area contributed by atoms with E-state index in [1.807, 2.05) is 0 Å². The van der Waals surface area contributed by atoms with Crippen LogP contribution in [0.15, 0.2) is 6.20 Å². The molecule has 0 amide bonds. The molecule has 0 saturated heterocycles. The van der Waals surface area contributed by atoms with E-state index in [1.165, 1.54) is 25.5 Å². The van der Waals surface area contributed by atoms with E-state index in [9.17, 15) is 15.0 Å². The second-order valence-electron chi connectivity index (χ2n) is 5.42. The van der Waals surface area contributed by atoms with Crippen molar-refractivity contribution in [2.75, 3.05) is 13.2 Å². The minimum Gasteiger partial charge on any atom is -0.478 e. The lowest BCUT2D eigenvalue weighted by Gasteiger charge is -2.34. The summed E-state index contributed by atoms with van der Waals surface area (Å²) in [5, 5.41) is 22.5. The molecule has 0 atom stereocenters. The number of carbonyl (C=O) groups is 1. The van der Waals surface area contributed by atoms with Crippen LogP contribution in [0, 0.1) is 0 Å². The van der Waals surface area contributed by atoms with Crippen molar-refractivity contribution < 1.29 is 15.0 Å². The average molecular weight is 281 g/mol. The van der Waals surface area contributed by atoms with E-state index in [0.29, 0.717) is 24.8 Å². The molecule has 0 aliphatic heterocycles. The third kappa shape index (κ3) is 3.37. The van der Waals surface area contributed by atoms with Crippen LogP contribution in [-0.2, 0) is 13.6 Å². The lowest BCUT2D eigenvalue weighted by Crippen LogP contribution is -2.39. The molecule has 1 aromatic heterocycles. The molecular weight excluding hydrogens is 258 g/mol. The van der Waals surface area contributed by atoms with Crippen LogP contribution in [0.5, 0.6) is 0 Å². The summed E-state index contributed by atoms with van der Waals surface area (Å²) in [6, 6.07) is 0.437. The number of carboxylic acids is 1. The number of carboxylic acid groups (broad SMARTS) is 1. The Labute approximate surface area is 119 Å². The molecule has 1 aliphatic carbocycles. The molecule has 0 aromatic carbocycles. The van der Waals surface area contributed by atoms with Crippen LogP contribution in [-0.4, -0.2) is 50.1 Å². The fourth-order valence-corrected chi connectivity index (χ4v) is 2.99. The van der Waals surface area contributed by atoms with Gasteiger partial charge < -0.3 is 10.2 Å². The summed E-state index contributed by atoms with van der Waals surface area (Å²) in [4.78, 5) is 13.4. The Hall–Kier alpha value is -1.40. The van der Waals surface area contributed by atoms with Crippen molar-refractivity contribution in [1.82, 2.24) is 14.7 Å². The molecule has 0 unspecified atom stereocenters. The summed E-state index contributed by atoms with van der Waals surface area (Å²) in [5.41, 5.74) is 0.961. The molecule has 1 aromatic rings. The van der Waals surface area contributed by atoms with Crippen molar-refractivity contribution in [1.29, 1.82) is 0 Å². The first kappa shape index (κ1) is 15.0. The van der Waals surface area contributed by atoms with Gasteiger partial charge in [0.05, 0.1) is 18.5 Å². The fraction of sp³-hybridized carbons (Fsp3) is 0.714. The Morgan fingerprint density at radius 1 is 1.45 bits per heavy atom. The van der Waals surface area contributed by atoms with Crippen molar-refractivity contribution in [2.45, 2.75) is 44.7 Å². The topological polar surface area (TPSA) is 78.6 Å². The van der Waals surface area contributed by atoms with Crippen LogP contribution in [0.1, 0.15) is 48.2 Å². The van der Waals surface area contributed by atoms with Crippen molar-refractivity contribution in [2.24, 2.45) is 7.05 Å². The SMILES string of the molecule is Cn1ncc(C(=O)O)c1CN(CCO)C1CCCCC1. The molecule has 0 radical (unpaired) electrons. The van der Waals surface area contributed by atoms with Gasteiger partial charge in [-0.3, -0.25) is 9.58 Å². The highest BCUT2D eigenvalue weighted by molar-refractivity contribution is 5.88. The second-order valence-corrected chi connectivity index (χ2v) is 5.42. The molecule has 2 N–H and O–H groups in total. The number of hydrogen-bond donors (Lipinski definition) is 2. The number of aromatic nitrogens is 2. The number of hydrogen-bond acceptors (Lipinski definition) is 4. The summed E-state index contributed by atoms with van der Waals surface area (Å²) >= 11 is 0. The Morgan fingerprint density at radius 2 is 2.15 bits per heavy atom. The molecule has 112 valence electrons. The van der Waals surface area contributed by atoms with Gasteiger partial charge in [0, 0.05) is 26.2 Å². The summed E-state index contributed by atoms with van der Waals surface area (Å²) < 4.78 is 1.62. The first-order valence-electron chi connectivity index (χ1n) is 7.22. The Balaban J connectivity index is 2.14. The summed E-state index contributed by atoms with van der Waals surface area (Å²) in [6.07, 6.45) is 7.35. The van der Waals surface area contributed by atoms with Crippen LogP contribution in [0.25, 0.3) is 0 Å². The summed E-state index contributed by atoms with van der Waals surface area (Å²) in [7, 11) is 1.76. The highest BCUT2D eigenvalue weighted by Crippen LogP contribution is 2.24. The lowest BCUT2D eigenvalue weighted by atomic mass is 9.94. The van der Waals surface area contributed by atoms with Gasteiger partial charge in [-0.1, -0.05) is 19.3 Å². The highest BCUT2D eigenvalue weighted by atomic mass is 16.4. The van der Waals surface area contributed by atoms with E-state index < -0.39 is 5.97 Å². The zero-order valence-electron chi connectivity index (χ0n) is 12.0. The van der Waals surface area contributed by atoms with Gasteiger partial charge in [-0.15, -0.1) is 0 Å². The number of aromatic carboxylic acids is 1. The van der Waals surface area contributed by atoms with Crippen molar-refractivity contribution in [3.63, 3.8) is 0 Å². The zero-order valence-corrected chi connectivity index (χ0v) is 12.0. The predicted molar refractivity (Wildman–Crippen MR) is 74.5 cm³/mol. The van der Waals surface area contributed by atoms with Crippen LogP contribution in [0.2, 0.25) is 0 Å². The Bertz CT molecular complexity index is 453. The maximum Gasteiger partial charge on any atom is 0.339 e. The molecule has 6 heteroatoms. The van der Waals surface area contributed by atoms with Gasteiger partial charge in [0.25, 0.3) is 0 Å². The van der Waals surface area contributed by atoms with E-state index in [0.717, 1.165) is 12.8 Å². The maximum absolute atomic E-state index is 11.2. The number of aliphatic hydroxyl groups excluding tert-OH is 1. The number of nitrogens with zero attached hydrogens (tertiary/aromatic N) is 3. The predicted octanol–water partition coefficient (Wildman–Crippen LogP) is 1.25. The second kappa shape index (κ2) is 6.85. The monoisotopic (exact) mass is 281 g/mol. The smallest absolute Gasteiger partial charge is 0.339 e. The molecule has 0 bridgehead atoms. The number of rotatable bonds is 6. The third-order valence-electron chi connectivity index (χ3n) is 4.12. The largest absolute Gasteiger partial charge is 0.478 e. The average Bonchev–Trinajstić information content (AvgIpc) is 2.81. The standard InChI is InChI=1S/C14H23N3O3/c1-16-13(12(9-15-16)14(19)20)10-17(7-8-18)11-5-3-2-4-6-11/h9,11,18H,2-8,10H2,1H3,(H,19,20). The maximum atomic E-state index is 11.2. The molecule has 1 heterocycles. The van der Waals surface area contributed by atoms with Gasteiger partial charge >= 0.3 is 5.97 Å². The minimum absolute atomic E-state index is 0.0940. The van der Waals surface area contributed by atoms with Crippen LogP contribution in [0.3, 0.4) is 0 Å². The van der Waals surface area contributed by atoms with E-state index in [4.69, 9.17) is 0 Å². The van der Waals surface area contributed by atoms with Gasteiger partial charge in [0.2, 0.25) is 0 Å². The summed E-state index contributed by atoms with van der Waals surface area (Å²) in [5.74, 6) is -0.944. The Morgan fingerprint density at radius 3 is 2.75 bits per heavy atom. The van der Waals surface area contributed by atoms with Crippen LogP contribution < -0.4 is 0 Å². The van der Waals surface area contributed by atoms with Crippen LogP contribution in [0.4, 0.5) is 0 Å². The van der Waals surface area contributed by atoms with E-state index >= 15 is 0 Å². The quantitative estimate of drug-likeness (QED) is 0.820. The molecule has 20 heavy (non-hydrogen) atoms. The van der Waals surface area contributed by atoms with Crippen molar-refractivity contribution >= 4 is 5.97 Å². The normalized spacial score (nSPS) is 16.8. The molecule has 2 rings (SSSR count). The van der Waals surface area contributed by atoms with Gasteiger partial charge in [-0.25, -0.2) is 4.79 Å². The van der Waals surface area contributed by atoms with E-state index in [-0.39, 0.29) is 12.2 Å². The molecular formula is C14H23N3O3. The van der Waals surface area contributed by atoms with Gasteiger partial charge in [-0.05, 0) is 12.8 Å². The first-order chi connectivity index (χ1) is 9.63. The lowest BCUT2D eigenvalue weighted by molar-refractivity contribution is 0.0691. The minimum atomic E-state index is -0.944. The first-order valence-corrected chi connectivity index (χ1v) is 7.22. The fourth-order valence-electron chi connectivity index (χ4n) is 2.99. The van der Waals surface area contributed by atoms with Crippen molar-refractivity contribution in [3.8, 4) is 0 Å². The zero-order chi connectivity index (χ0) is 14.5. The van der Waals surface area contributed by atoms with Gasteiger partial charge in [-0.2, -0.15) is 5.10 Å². The van der Waals surface area contributed by atoms with Crippen LogP contribution >= 0.6 is 0 Å². The number of aryl methyl sites for hydroxylation is 1. The molecule has 1 aliphatic rings. The molecule has 1 fully saturated rings. The summed E-state index contributed by atoms with van der Waals surface area (Å²) in [6.45, 7) is 1.20. The van der Waals surface area contributed by atoms with E-state index in [2.05, 4.69) is 10.00 Å². The van der Waals surface area contributed by atoms with Gasteiger partial charge in [0.1, 0.15) is 5.56 Å².